The highest BCUT2D eigenvalue weighted by Crippen LogP contribution is 2.41. The first-order valence-electron chi connectivity index (χ1n) is 19.1. The summed E-state index contributed by atoms with van der Waals surface area (Å²) in [5.74, 6) is 0.796. The van der Waals surface area contributed by atoms with E-state index in [0.717, 1.165) is 0 Å². The summed E-state index contributed by atoms with van der Waals surface area (Å²) < 4.78 is 30.2. The Bertz CT molecular complexity index is 2060. The zero-order valence-electron chi connectivity index (χ0n) is 33.5. The number of nitrogens with zero attached hydrogens (tertiary/aromatic N) is 4. The van der Waals surface area contributed by atoms with Gasteiger partial charge in [0.15, 0.2) is 0 Å². The molecule has 2 N–H and O–H groups in total. The van der Waals surface area contributed by atoms with Gasteiger partial charge in [0.05, 0.1) is 43.2 Å². The molecule has 0 aliphatic carbocycles. The topological polar surface area (TPSA) is 182 Å². The van der Waals surface area contributed by atoms with Gasteiger partial charge in [-0.3, -0.25) is 20.2 Å². The lowest BCUT2D eigenvalue weighted by Gasteiger charge is -2.23. The number of rotatable bonds is 26. The third kappa shape index (κ3) is 16.2. The van der Waals surface area contributed by atoms with Crippen LogP contribution in [-0.2, 0) is 4.74 Å². The average Bonchev–Trinajstić information content (AvgIpc) is 3.21. The molecule has 340 valence electrons. The minimum absolute atomic E-state index is 0.0203. The van der Waals surface area contributed by atoms with Gasteiger partial charge in [-0.15, -0.1) is 0 Å². The molecule has 2 atom stereocenters. The first-order valence-corrected chi connectivity index (χ1v) is 22.1. The van der Waals surface area contributed by atoms with Crippen LogP contribution in [0.15, 0.2) is 69.7 Å². The molecule has 2 heterocycles. The maximum atomic E-state index is 11.8. The second-order valence-corrected chi connectivity index (χ2v) is 16.7. The van der Waals surface area contributed by atoms with Crippen LogP contribution in [0.25, 0.3) is 0 Å². The number of pyridine rings is 2. The Morgan fingerprint density at radius 2 is 1.02 bits per heavy atom. The summed E-state index contributed by atoms with van der Waals surface area (Å²) in [6.45, 7) is 4.86. The molecular weight excluding hydrogens is 992 g/mol. The Morgan fingerprint density at radius 3 is 1.33 bits per heavy atom. The van der Waals surface area contributed by atoms with Gasteiger partial charge >= 0.3 is 11.4 Å². The second-order valence-electron chi connectivity index (χ2n) is 13.0. The lowest BCUT2D eigenvalue weighted by atomic mass is 10.1. The van der Waals surface area contributed by atoms with Crippen molar-refractivity contribution >= 4 is 116 Å². The largest absolute Gasteiger partial charge is 0.489 e. The number of aromatic nitrogens is 2. The number of halogens is 8. The highest BCUT2D eigenvalue weighted by molar-refractivity contribution is 6.56. The van der Waals surface area contributed by atoms with Crippen LogP contribution in [0.2, 0.25) is 20.1 Å². The van der Waals surface area contributed by atoms with Crippen molar-refractivity contribution in [3.05, 3.63) is 121 Å². The fourth-order valence-electron chi connectivity index (χ4n) is 5.65. The Kier molecular flexibility index (Phi) is 21.5. The van der Waals surface area contributed by atoms with Crippen molar-refractivity contribution in [3.8, 4) is 23.3 Å². The Labute approximate surface area is 403 Å². The second kappa shape index (κ2) is 26.2. The Morgan fingerprint density at radius 1 is 0.651 bits per heavy atom. The Balaban J connectivity index is 1.62. The fraction of sp³-hybridized carbons (Fsp3) is 0.350. The predicted octanol–water partition coefficient (Wildman–Crippen LogP) is 13.7. The molecule has 15 nitrogen and oxygen atoms in total. The number of nitro groups is 2. The summed E-state index contributed by atoms with van der Waals surface area (Å²) in [6, 6.07) is 11.5. The van der Waals surface area contributed by atoms with E-state index in [1.165, 1.54) is 36.4 Å². The van der Waals surface area contributed by atoms with Gasteiger partial charge in [-0.25, -0.2) is 0 Å². The van der Waals surface area contributed by atoms with E-state index in [9.17, 15) is 20.2 Å². The standard InChI is InChI=1S/C40H40Cl8N6O9/c1-3-13-49-39-29(53(55)56)5-7-35(51-39)62-31(37-25(41)19-23(20-26(37)42)60-17-11-33(45)46)9-15-59-16-10-32(38-27(43)21-24(22-28(38)44)61-18-12-34(47)48)63-36-8-6-30(54(57)58)40(52-36)50-14-4-2/h5-8,11-12,19-22,31-32H,3-4,9-10,13-18H2,1-2H3,(H,49,51)(H,50,52). The summed E-state index contributed by atoms with van der Waals surface area (Å²) in [5, 5.41) is 30.2. The van der Waals surface area contributed by atoms with Crippen molar-refractivity contribution in [3.63, 3.8) is 0 Å². The molecule has 0 saturated heterocycles. The molecule has 0 fully saturated rings. The maximum absolute atomic E-state index is 11.8. The van der Waals surface area contributed by atoms with Crippen LogP contribution in [0.1, 0.15) is 62.9 Å². The van der Waals surface area contributed by atoms with Gasteiger partial charge in [-0.2, -0.15) is 9.97 Å². The molecule has 0 spiro atoms. The first-order chi connectivity index (χ1) is 30.1. The first kappa shape index (κ1) is 51.7. The van der Waals surface area contributed by atoms with Crippen LogP contribution < -0.4 is 29.6 Å². The van der Waals surface area contributed by atoms with E-state index in [1.54, 1.807) is 24.3 Å². The van der Waals surface area contributed by atoms with E-state index >= 15 is 0 Å². The summed E-state index contributed by atoms with van der Waals surface area (Å²) in [5.41, 5.74) is 0.269. The number of benzene rings is 2. The van der Waals surface area contributed by atoms with Crippen LogP contribution in [0.3, 0.4) is 0 Å². The molecule has 0 amide bonds. The van der Waals surface area contributed by atoms with Crippen LogP contribution in [-0.4, -0.2) is 59.3 Å². The molecule has 23 heteroatoms. The smallest absolute Gasteiger partial charge is 0.311 e. The number of anilines is 2. The SMILES string of the molecule is CCCNc1nc(OC(CCOCCC(Oc2ccc([N+](=O)[O-])c(NCCC)n2)c2c(Cl)cc(OCC=C(Cl)Cl)cc2Cl)c2c(Cl)cc(OCC=C(Cl)Cl)cc2Cl)ccc1[N+](=O)[O-]. The molecule has 4 rings (SSSR count). The fourth-order valence-corrected chi connectivity index (χ4v) is 7.32. The van der Waals surface area contributed by atoms with E-state index in [0.29, 0.717) is 48.6 Å². The van der Waals surface area contributed by atoms with E-state index in [-0.39, 0.29) is 103 Å². The quantitative estimate of drug-likeness (QED) is 0.0345. The molecule has 0 bridgehead atoms. The highest BCUT2D eigenvalue weighted by Gasteiger charge is 2.27. The number of ether oxygens (including phenoxy) is 5. The summed E-state index contributed by atoms with van der Waals surface area (Å²) >= 11 is 50.0. The summed E-state index contributed by atoms with van der Waals surface area (Å²) in [6.07, 6.45) is 2.76. The van der Waals surface area contributed by atoms with Crippen molar-refractivity contribution in [2.75, 3.05) is 50.2 Å². The van der Waals surface area contributed by atoms with Crippen molar-refractivity contribution in [2.24, 2.45) is 0 Å². The number of hydrogen-bond donors (Lipinski definition) is 2. The molecule has 0 aliphatic rings. The normalized spacial score (nSPS) is 11.8. The average molecular weight is 1030 g/mol. The van der Waals surface area contributed by atoms with Gasteiger partial charge in [-0.05, 0) is 49.3 Å². The maximum Gasteiger partial charge on any atom is 0.311 e. The van der Waals surface area contributed by atoms with Gasteiger partial charge in [0.25, 0.3) is 0 Å². The Hall–Kier alpha value is -3.90. The van der Waals surface area contributed by atoms with Gasteiger partial charge in [-0.1, -0.05) is 107 Å². The predicted molar refractivity (Wildman–Crippen MR) is 250 cm³/mol. The molecule has 2 aromatic heterocycles. The van der Waals surface area contributed by atoms with E-state index < -0.39 is 22.1 Å². The highest BCUT2D eigenvalue weighted by atomic mass is 35.5. The van der Waals surface area contributed by atoms with Gasteiger partial charge in [0.1, 0.15) is 45.9 Å². The number of hydrogen-bond acceptors (Lipinski definition) is 13. The molecule has 0 aliphatic heterocycles. The van der Waals surface area contributed by atoms with Crippen molar-refractivity contribution in [1.82, 2.24) is 9.97 Å². The van der Waals surface area contributed by atoms with Gasteiger partial charge in [0, 0.05) is 61.3 Å². The summed E-state index contributed by atoms with van der Waals surface area (Å²) in [4.78, 5) is 31.2. The summed E-state index contributed by atoms with van der Waals surface area (Å²) in [7, 11) is 0. The molecule has 0 saturated carbocycles. The molecule has 4 aromatic rings. The van der Waals surface area contributed by atoms with Crippen LogP contribution in [0.4, 0.5) is 23.0 Å². The minimum atomic E-state index is -0.894. The third-order valence-electron chi connectivity index (χ3n) is 8.47. The monoisotopic (exact) mass is 1030 g/mol. The molecule has 0 radical (unpaired) electrons. The van der Waals surface area contributed by atoms with Gasteiger partial charge < -0.3 is 34.3 Å². The molecular formula is C40H40Cl8N6O9. The van der Waals surface area contributed by atoms with Crippen LogP contribution >= 0.6 is 92.8 Å². The lowest BCUT2D eigenvalue weighted by Crippen LogP contribution is -2.16. The lowest BCUT2D eigenvalue weighted by molar-refractivity contribution is -0.384. The minimum Gasteiger partial charge on any atom is -0.489 e. The van der Waals surface area contributed by atoms with Crippen molar-refractivity contribution < 1.29 is 33.5 Å². The third-order valence-corrected chi connectivity index (χ3v) is 10.3. The van der Waals surface area contributed by atoms with Crippen LogP contribution in [0, 0.1) is 20.2 Å². The van der Waals surface area contributed by atoms with Crippen LogP contribution in [0.5, 0.6) is 23.3 Å². The molecule has 2 unspecified atom stereocenters. The zero-order chi connectivity index (χ0) is 46.1. The van der Waals surface area contributed by atoms with E-state index in [2.05, 4.69) is 20.6 Å². The molecule has 63 heavy (non-hydrogen) atoms. The van der Waals surface area contributed by atoms with E-state index in [1.807, 2.05) is 13.8 Å². The van der Waals surface area contributed by atoms with Gasteiger partial charge in [0.2, 0.25) is 23.4 Å². The van der Waals surface area contributed by atoms with Crippen molar-refractivity contribution in [2.45, 2.75) is 51.7 Å². The molecule has 2 aromatic carbocycles. The zero-order valence-corrected chi connectivity index (χ0v) is 39.5. The van der Waals surface area contributed by atoms with Crippen molar-refractivity contribution in [1.29, 1.82) is 0 Å². The number of nitrogens with one attached hydrogen (secondary N) is 2. The van der Waals surface area contributed by atoms with E-state index in [4.69, 9.17) is 116 Å².